The van der Waals surface area contributed by atoms with Crippen molar-refractivity contribution in [1.29, 1.82) is 0 Å². The number of nitrogens with zero attached hydrogens (tertiary/aromatic N) is 1. The Morgan fingerprint density at radius 2 is 1.88 bits per heavy atom. The number of halogens is 2. The van der Waals surface area contributed by atoms with E-state index in [1.54, 1.807) is 24.3 Å². The van der Waals surface area contributed by atoms with E-state index < -0.39 is 15.9 Å². The molecule has 0 bridgehead atoms. The van der Waals surface area contributed by atoms with Crippen LogP contribution in [0.3, 0.4) is 0 Å². The molecule has 0 saturated carbocycles. The zero-order valence-electron chi connectivity index (χ0n) is 12.6. The van der Waals surface area contributed by atoms with Crippen molar-refractivity contribution in [3.05, 3.63) is 58.1 Å². The average molecular weight is 402 g/mol. The molecule has 0 unspecified atom stereocenters. The van der Waals surface area contributed by atoms with Gasteiger partial charge in [-0.05, 0) is 48.0 Å². The topological polar surface area (TPSA) is 111 Å². The highest BCUT2D eigenvalue weighted by atomic mass is 35.5. The molecule has 0 aliphatic heterocycles. The minimum Gasteiger partial charge on any atom is -0.484 e. The summed E-state index contributed by atoms with van der Waals surface area (Å²) < 4.78 is 29.4. The summed E-state index contributed by atoms with van der Waals surface area (Å²) in [6.45, 7) is -0.229. The fourth-order valence-electron chi connectivity index (χ4n) is 1.71. The van der Waals surface area contributed by atoms with Gasteiger partial charge in [0.15, 0.2) is 6.61 Å². The number of hydrogen-bond donors (Lipinski definition) is 2. The number of hydrogen-bond acceptors (Lipinski definition) is 5. The Morgan fingerprint density at radius 3 is 2.52 bits per heavy atom. The smallest absolute Gasteiger partial charge is 0.278 e. The number of benzene rings is 2. The van der Waals surface area contributed by atoms with E-state index in [0.717, 1.165) is 0 Å². The van der Waals surface area contributed by atoms with Crippen molar-refractivity contribution in [3.63, 3.8) is 0 Å². The lowest BCUT2D eigenvalue weighted by Crippen LogP contribution is -2.20. The van der Waals surface area contributed by atoms with Crippen molar-refractivity contribution in [2.75, 3.05) is 6.61 Å². The normalized spacial score (nSPS) is 11.4. The molecule has 0 aromatic heterocycles. The molecule has 2 aromatic rings. The minimum atomic E-state index is -3.95. The summed E-state index contributed by atoms with van der Waals surface area (Å²) in [6, 6.07) is 10.5. The Kier molecular flexibility index (Phi) is 6.24. The Labute approximate surface area is 154 Å². The van der Waals surface area contributed by atoms with Crippen molar-refractivity contribution in [3.8, 4) is 5.75 Å². The maximum absolute atomic E-state index is 12.2. The van der Waals surface area contributed by atoms with Crippen LogP contribution in [0, 0.1) is 0 Å². The van der Waals surface area contributed by atoms with Crippen LogP contribution in [0.1, 0.15) is 5.56 Å². The summed E-state index contributed by atoms with van der Waals surface area (Å²) in [7, 11) is -3.95. The first-order chi connectivity index (χ1) is 11.8. The van der Waals surface area contributed by atoms with Gasteiger partial charge in [0, 0.05) is 5.02 Å². The number of carbonyl (C=O) groups is 1. The largest absolute Gasteiger partial charge is 0.484 e. The second-order valence-electron chi connectivity index (χ2n) is 4.75. The van der Waals surface area contributed by atoms with Crippen molar-refractivity contribution in [2.45, 2.75) is 4.90 Å². The third-order valence-corrected chi connectivity index (χ3v) is 4.77. The predicted molar refractivity (Wildman–Crippen MR) is 95.5 cm³/mol. The number of ether oxygens (including phenoxy) is 1. The van der Waals surface area contributed by atoms with Crippen molar-refractivity contribution < 1.29 is 17.9 Å². The molecule has 10 heteroatoms. The van der Waals surface area contributed by atoms with Crippen LogP contribution in [0.25, 0.3) is 0 Å². The van der Waals surface area contributed by atoms with E-state index in [0.29, 0.717) is 11.3 Å². The van der Waals surface area contributed by atoms with Gasteiger partial charge in [-0.15, -0.1) is 0 Å². The van der Waals surface area contributed by atoms with E-state index in [1.165, 1.54) is 24.4 Å². The number of rotatable bonds is 7. The molecule has 2 rings (SSSR count). The van der Waals surface area contributed by atoms with Gasteiger partial charge < -0.3 is 10.5 Å². The Hall–Kier alpha value is -2.29. The molecule has 1 amide bonds. The van der Waals surface area contributed by atoms with Crippen molar-refractivity contribution in [1.82, 2.24) is 4.83 Å². The van der Waals surface area contributed by atoms with Crippen LogP contribution in [0.2, 0.25) is 10.0 Å². The molecule has 25 heavy (non-hydrogen) atoms. The average Bonchev–Trinajstić information content (AvgIpc) is 2.56. The maximum atomic E-state index is 12.2. The molecule has 0 heterocycles. The molecule has 0 atom stereocenters. The van der Waals surface area contributed by atoms with Gasteiger partial charge in [-0.25, -0.2) is 4.83 Å². The molecule has 0 spiro atoms. The number of nitrogens with two attached hydrogens (primary N) is 1. The Balaban J connectivity index is 2.04. The number of hydrazone groups is 1. The molecule has 3 N–H and O–H groups in total. The molecule has 132 valence electrons. The molecule has 0 aliphatic rings. The van der Waals surface area contributed by atoms with E-state index in [2.05, 4.69) is 9.93 Å². The van der Waals surface area contributed by atoms with Crippen molar-refractivity contribution >= 4 is 45.3 Å². The van der Waals surface area contributed by atoms with Crippen LogP contribution >= 0.6 is 23.2 Å². The molecule has 0 radical (unpaired) electrons. The van der Waals surface area contributed by atoms with Gasteiger partial charge in [-0.3, -0.25) is 4.79 Å². The van der Waals surface area contributed by atoms with Gasteiger partial charge >= 0.3 is 0 Å². The predicted octanol–water partition coefficient (Wildman–Crippen LogP) is 2.17. The highest BCUT2D eigenvalue weighted by Crippen LogP contribution is 2.24. The third-order valence-electron chi connectivity index (χ3n) is 2.83. The van der Waals surface area contributed by atoms with E-state index in [1.807, 2.05) is 0 Å². The lowest BCUT2D eigenvalue weighted by molar-refractivity contribution is -0.119. The second kappa shape index (κ2) is 8.19. The second-order valence-corrected chi connectivity index (χ2v) is 7.22. The quantitative estimate of drug-likeness (QED) is 0.546. The molecule has 7 nitrogen and oxygen atoms in total. The standard InChI is InChI=1S/C15H13Cl2N3O4S/c16-11-3-6-13(17)14(7-11)25(22,23)20-19-8-10-1-4-12(5-2-10)24-9-15(18)21/h1-8,20H,9H2,(H2,18,21)/b19-8+. The van der Waals surface area contributed by atoms with Gasteiger partial charge in [0.05, 0.1) is 11.2 Å². The van der Waals surface area contributed by atoms with Gasteiger partial charge in [-0.1, -0.05) is 23.2 Å². The number of carbonyl (C=O) groups excluding carboxylic acids is 1. The number of nitrogens with one attached hydrogen (secondary N) is 1. The zero-order valence-corrected chi connectivity index (χ0v) is 15.0. The molecular weight excluding hydrogens is 389 g/mol. The number of amides is 1. The molecular formula is C15H13Cl2N3O4S. The lowest BCUT2D eigenvalue weighted by atomic mass is 10.2. The monoisotopic (exact) mass is 401 g/mol. The Bertz CT molecular complexity index is 899. The summed E-state index contributed by atoms with van der Waals surface area (Å²) in [5.41, 5.74) is 5.58. The molecule has 0 aliphatic carbocycles. The lowest BCUT2D eigenvalue weighted by Gasteiger charge is -2.06. The summed E-state index contributed by atoms with van der Waals surface area (Å²) in [6.07, 6.45) is 1.30. The van der Waals surface area contributed by atoms with Gasteiger partial charge in [0.25, 0.3) is 15.9 Å². The van der Waals surface area contributed by atoms with E-state index in [4.69, 9.17) is 33.7 Å². The van der Waals surface area contributed by atoms with Gasteiger partial charge in [0.2, 0.25) is 0 Å². The fourth-order valence-corrected chi connectivity index (χ4v) is 3.26. The SMILES string of the molecule is NC(=O)COc1ccc(/C=N/NS(=O)(=O)c2cc(Cl)ccc2Cl)cc1. The van der Waals surface area contributed by atoms with E-state index in [-0.39, 0.29) is 21.5 Å². The van der Waals surface area contributed by atoms with E-state index >= 15 is 0 Å². The van der Waals surface area contributed by atoms with Crippen LogP contribution in [-0.4, -0.2) is 27.1 Å². The Morgan fingerprint density at radius 1 is 1.20 bits per heavy atom. The maximum Gasteiger partial charge on any atom is 0.278 e. The molecule has 0 fully saturated rings. The van der Waals surface area contributed by atoms with Crippen LogP contribution in [0.5, 0.6) is 5.75 Å². The minimum absolute atomic E-state index is 0.0306. The number of sulfonamides is 1. The first-order valence-corrected chi connectivity index (χ1v) is 9.03. The van der Waals surface area contributed by atoms with Crippen LogP contribution in [0.4, 0.5) is 0 Å². The highest BCUT2D eigenvalue weighted by Gasteiger charge is 2.17. The fraction of sp³-hybridized carbons (Fsp3) is 0.0667. The van der Waals surface area contributed by atoms with Crippen LogP contribution in [-0.2, 0) is 14.8 Å². The third kappa shape index (κ3) is 5.63. The van der Waals surface area contributed by atoms with Gasteiger partial charge in [0.1, 0.15) is 10.6 Å². The highest BCUT2D eigenvalue weighted by molar-refractivity contribution is 7.89. The zero-order chi connectivity index (χ0) is 18.4. The molecule has 0 saturated heterocycles. The van der Waals surface area contributed by atoms with Crippen molar-refractivity contribution in [2.24, 2.45) is 10.8 Å². The summed E-state index contributed by atoms with van der Waals surface area (Å²) >= 11 is 11.7. The molecule has 2 aromatic carbocycles. The van der Waals surface area contributed by atoms with Gasteiger partial charge in [-0.2, -0.15) is 13.5 Å². The first kappa shape index (κ1) is 19.0. The summed E-state index contributed by atoms with van der Waals surface area (Å²) in [5.74, 6) is -0.137. The summed E-state index contributed by atoms with van der Waals surface area (Å²) in [4.78, 5) is 12.5. The van der Waals surface area contributed by atoms with Crippen LogP contribution in [0.15, 0.2) is 52.5 Å². The number of primary amides is 1. The van der Waals surface area contributed by atoms with Crippen LogP contribution < -0.4 is 15.3 Å². The first-order valence-electron chi connectivity index (χ1n) is 6.79. The summed E-state index contributed by atoms with van der Waals surface area (Å²) in [5, 5.41) is 3.95. The van der Waals surface area contributed by atoms with E-state index in [9.17, 15) is 13.2 Å².